The Hall–Kier alpha value is -0.930. The summed E-state index contributed by atoms with van der Waals surface area (Å²) >= 11 is 0. The normalized spacial score (nSPS) is 22.0. The SMILES string of the molecule is c1ccc(COC2CCCO2)nc1. The van der Waals surface area contributed by atoms with Gasteiger partial charge in [0.25, 0.3) is 0 Å². The topological polar surface area (TPSA) is 31.4 Å². The molecule has 1 unspecified atom stereocenters. The Morgan fingerprint density at radius 1 is 1.54 bits per heavy atom. The first-order valence-electron chi connectivity index (χ1n) is 4.58. The van der Waals surface area contributed by atoms with Gasteiger partial charge in [-0.15, -0.1) is 0 Å². The van der Waals surface area contributed by atoms with Crippen LogP contribution in [0.5, 0.6) is 0 Å². The molecule has 0 N–H and O–H groups in total. The molecule has 0 spiro atoms. The van der Waals surface area contributed by atoms with E-state index >= 15 is 0 Å². The molecule has 1 aliphatic heterocycles. The van der Waals surface area contributed by atoms with Gasteiger partial charge < -0.3 is 9.47 Å². The molecule has 0 aromatic carbocycles. The van der Waals surface area contributed by atoms with Crippen LogP contribution in [-0.4, -0.2) is 17.9 Å². The molecule has 0 saturated carbocycles. The molecule has 1 aromatic heterocycles. The summed E-state index contributed by atoms with van der Waals surface area (Å²) in [6.07, 6.45) is 3.87. The van der Waals surface area contributed by atoms with E-state index in [2.05, 4.69) is 4.98 Å². The first-order chi connectivity index (χ1) is 6.45. The van der Waals surface area contributed by atoms with Crippen LogP contribution in [0.4, 0.5) is 0 Å². The molecule has 0 radical (unpaired) electrons. The van der Waals surface area contributed by atoms with Gasteiger partial charge in [0.1, 0.15) is 0 Å². The maximum Gasteiger partial charge on any atom is 0.158 e. The quantitative estimate of drug-likeness (QED) is 0.708. The van der Waals surface area contributed by atoms with E-state index < -0.39 is 0 Å². The molecule has 3 heteroatoms. The third-order valence-electron chi connectivity index (χ3n) is 2.03. The number of aromatic nitrogens is 1. The van der Waals surface area contributed by atoms with E-state index in [4.69, 9.17) is 9.47 Å². The molecule has 0 aliphatic carbocycles. The summed E-state index contributed by atoms with van der Waals surface area (Å²) in [5.41, 5.74) is 0.956. The summed E-state index contributed by atoms with van der Waals surface area (Å²) in [6, 6.07) is 5.81. The van der Waals surface area contributed by atoms with Gasteiger partial charge in [-0.3, -0.25) is 4.98 Å². The Labute approximate surface area is 77.7 Å². The molecule has 0 amide bonds. The average Bonchev–Trinajstić information content (AvgIpc) is 2.69. The minimum atomic E-state index is -0.0120. The summed E-state index contributed by atoms with van der Waals surface area (Å²) < 4.78 is 10.8. The second-order valence-electron chi connectivity index (χ2n) is 3.07. The van der Waals surface area contributed by atoms with Gasteiger partial charge in [0, 0.05) is 19.2 Å². The Morgan fingerprint density at radius 3 is 3.23 bits per heavy atom. The van der Waals surface area contributed by atoms with Gasteiger partial charge in [-0.25, -0.2) is 0 Å². The van der Waals surface area contributed by atoms with Gasteiger partial charge in [0.15, 0.2) is 6.29 Å². The van der Waals surface area contributed by atoms with Gasteiger partial charge in [-0.2, -0.15) is 0 Å². The Balaban J connectivity index is 1.79. The van der Waals surface area contributed by atoms with Crippen LogP contribution in [-0.2, 0) is 16.1 Å². The lowest BCUT2D eigenvalue weighted by Crippen LogP contribution is -2.10. The first-order valence-corrected chi connectivity index (χ1v) is 4.58. The Bertz CT molecular complexity index is 244. The number of ether oxygens (including phenoxy) is 2. The maximum atomic E-state index is 5.50. The fourth-order valence-electron chi connectivity index (χ4n) is 1.34. The molecule has 13 heavy (non-hydrogen) atoms. The van der Waals surface area contributed by atoms with Crippen LogP contribution in [0.2, 0.25) is 0 Å². The molecule has 0 bridgehead atoms. The van der Waals surface area contributed by atoms with Gasteiger partial charge in [-0.1, -0.05) is 6.07 Å². The van der Waals surface area contributed by atoms with Crippen LogP contribution < -0.4 is 0 Å². The van der Waals surface area contributed by atoms with Gasteiger partial charge in [-0.05, 0) is 18.6 Å². The van der Waals surface area contributed by atoms with Gasteiger partial charge in [0.05, 0.1) is 12.3 Å². The molecular formula is C10H13NO2. The number of pyridine rings is 1. The van der Waals surface area contributed by atoms with E-state index in [1.165, 1.54) is 0 Å². The van der Waals surface area contributed by atoms with E-state index in [9.17, 15) is 0 Å². The van der Waals surface area contributed by atoms with Gasteiger partial charge in [0.2, 0.25) is 0 Å². The number of hydrogen-bond donors (Lipinski definition) is 0. The van der Waals surface area contributed by atoms with Crippen LogP contribution in [0.15, 0.2) is 24.4 Å². The van der Waals surface area contributed by atoms with Crippen molar-refractivity contribution in [3.63, 3.8) is 0 Å². The molecule has 1 aromatic rings. The van der Waals surface area contributed by atoms with E-state index in [1.54, 1.807) is 6.20 Å². The maximum absolute atomic E-state index is 5.50. The first kappa shape index (κ1) is 8.66. The van der Waals surface area contributed by atoms with Crippen molar-refractivity contribution in [1.29, 1.82) is 0 Å². The average molecular weight is 179 g/mol. The lowest BCUT2D eigenvalue weighted by Gasteiger charge is -2.09. The van der Waals surface area contributed by atoms with Crippen LogP contribution in [0.1, 0.15) is 18.5 Å². The molecule has 3 nitrogen and oxygen atoms in total. The Kier molecular flexibility index (Phi) is 2.90. The van der Waals surface area contributed by atoms with Crippen molar-refractivity contribution in [1.82, 2.24) is 4.98 Å². The van der Waals surface area contributed by atoms with Gasteiger partial charge >= 0.3 is 0 Å². The van der Waals surface area contributed by atoms with Crippen LogP contribution in [0, 0.1) is 0 Å². The van der Waals surface area contributed by atoms with E-state index in [0.717, 1.165) is 25.1 Å². The molecule has 1 fully saturated rings. The van der Waals surface area contributed by atoms with E-state index in [1.807, 2.05) is 18.2 Å². The lowest BCUT2D eigenvalue weighted by atomic mass is 10.3. The zero-order chi connectivity index (χ0) is 8.93. The summed E-state index contributed by atoms with van der Waals surface area (Å²) in [5, 5.41) is 0. The molecule has 1 saturated heterocycles. The van der Waals surface area contributed by atoms with Crippen LogP contribution in [0.25, 0.3) is 0 Å². The van der Waals surface area contributed by atoms with Crippen LogP contribution >= 0.6 is 0 Å². The molecule has 2 rings (SSSR count). The molecular weight excluding hydrogens is 166 g/mol. The summed E-state index contributed by atoms with van der Waals surface area (Å²) in [5.74, 6) is 0. The predicted octanol–water partition coefficient (Wildman–Crippen LogP) is 1.73. The molecule has 1 atom stereocenters. The summed E-state index contributed by atoms with van der Waals surface area (Å²) in [4.78, 5) is 4.16. The van der Waals surface area contributed by atoms with E-state index in [-0.39, 0.29) is 6.29 Å². The standard InChI is InChI=1S/C10H13NO2/c1-2-6-11-9(4-1)8-13-10-5-3-7-12-10/h1-2,4,6,10H,3,5,7-8H2. The lowest BCUT2D eigenvalue weighted by molar-refractivity contribution is -0.119. The number of rotatable bonds is 3. The fraction of sp³-hybridized carbons (Fsp3) is 0.500. The molecule has 2 heterocycles. The van der Waals surface area contributed by atoms with Crippen molar-refractivity contribution in [2.45, 2.75) is 25.7 Å². The summed E-state index contributed by atoms with van der Waals surface area (Å²) in [6.45, 7) is 1.37. The second kappa shape index (κ2) is 4.35. The van der Waals surface area contributed by atoms with Crippen molar-refractivity contribution < 1.29 is 9.47 Å². The largest absolute Gasteiger partial charge is 0.353 e. The predicted molar refractivity (Wildman–Crippen MR) is 48.0 cm³/mol. The molecule has 70 valence electrons. The monoisotopic (exact) mass is 179 g/mol. The summed E-state index contributed by atoms with van der Waals surface area (Å²) in [7, 11) is 0. The highest BCUT2D eigenvalue weighted by Crippen LogP contribution is 2.14. The third kappa shape index (κ3) is 2.50. The van der Waals surface area contributed by atoms with Crippen molar-refractivity contribution in [2.24, 2.45) is 0 Å². The Morgan fingerprint density at radius 2 is 2.54 bits per heavy atom. The third-order valence-corrected chi connectivity index (χ3v) is 2.03. The van der Waals surface area contributed by atoms with Crippen molar-refractivity contribution in [3.8, 4) is 0 Å². The van der Waals surface area contributed by atoms with Crippen molar-refractivity contribution >= 4 is 0 Å². The molecule has 1 aliphatic rings. The number of nitrogens with zero attached hydrogens (tertiary/aromatic N) is 1. The zero-order valence-corrected chi connectivity index (χ0v) is 7.48. The zero-order valence-electron chi connectivity index (χ0n) is 7.48. The smallest absolute Gasteiger partial charge is 0.158 e. The van der Waals surface area contributed by atoms with Crippen molar-refractivity contribution in [3.05, 3.63) is 30.1 Å². The highest BCUT2D eigenvalue weighted by atomic mass is 16.7. The van der Waals surface area contributed by atoms with Crippen LogP contribution in [0.3, 0.4) is 0 Å². The highest BCUT2D eigenvalue weighted by Gasteiger charge is 2.15. The van der Waals surface area contributed by atoms with Crippen molar-refractivity contribution in [2.75, 3.05) is 6.61 Å². The second-order valence-corrected chi connectivity index (χ2v) is 3.07. The minimum Gasteiger partial charge on any atom is -0.353 e. The fourth-order valence-corrected chi connectivity index (χ4v) is 1.34. The highest BCUT2D eigenvalue weighted by molar-refractivity contribution is 5.01. The number of hydrogen-bond acceptors (Lipinski definition) is 3. The minimum absolute atomic E-state index is 0.0120. The van der Waals surface area contributed by atoms with E-state index in [0.29, 0.717) is 6.61 Å².